The summed E-state index contributed by atoms with van der Waals surface area (Å²) >= 11 is 0. The summed E-state index contributed by atoms with van der Waals surface area (Å²) < 4.78 is 15.5. The minimum absolute atomic E-state index is 0.00695. The van der Waals surface area contributed by atoms with Crippen LogP contribution in [-0.2, 0) is 11.3 Å². The van der Waals surface area contributed by atoms with Crippen LogP contribution in [0.4, 0.5) is 20.6 Å². The summed E-state index contributed by atoms with van der Waals surface area (Å²) in [5.41, 5.74) is 0.375. The zero-order chi connectivity index (χ0) is 18.6. The third-order valence-electron chi connectivity index (χ3n) is 3.46. The average Bonchev–Trinajstić information content (AvgIpc) is 2.98. The molecule has 3 amide bonds. The number of hydrogen-bond acceptors (Lipinski definition) is 4. The number of amides is 3. The second-order valence-electron chi connectivity index (χ2n) is 5.91. The Morgan fingerprint density at radius 1 is 1.32 bits per heavy atom. The van der Waals surface area contributed by atoms with E-state index in [2.05, 4.69) is 20.8 Å². The van der Waals surface area contributed by atoms with E-state index in [1.807, 2.05) is 18.4 Å². The number of urea groups is 1. The SMILES string of the molecule is CC(=O)Nc1cc(NC(=O)N(C)Cc2nncn2C(C)C)ccc1F. The lowest BCUT2D eigenvalue weighted by Crippen LogP contribution is -2.32. The molecule has 9 heteroatoms. The minimum Gasteiger partial charge on any atom is -0.324 e. The number of nitrogens with one attached hydrogen (secondary N) is 2. The predicted octanol–water partition coefficient (Wildman–Crippen LogP) is 2.62. The van der Waals surface area contributed by atoms with Gasteiger partial charge in [0.1, 0.15) is 12.1 Å². The summed E-state index contributed by atoms with van der Waals surface area (Å²) in [5.74, 6) is -0.315. The van der Waals surface area contributed by atoms with Crippen molar-refractivity contribution in [3.05, 3.63) is 36.2 Å². The van der Waals surface area contributed by atoms with Crippen LogP contribution < -0.4 is 10.6 Å². The van der Waals surface area contributed by atoms with Crippen LogP contribution in [-0.4, -0.2) is 38.7 Å². The second kappa shape index (κ2) is 7.73. The fourth-order valence-corrected chi connectivity index (χ4v) is 2.20. The fraction of sp³-hybridized carbons (Fsp3) is 0.375. The molecule has 0 atom stereocenters. The molecule has 1 aromatic carbocycles. The summed E-state index contributed by atoms with van der Waals surface area (Å²) in [6, 6.07) is 3.75. The quantitative estimate of drug-likeness (QED) is 0.869. The largest absolute Gasteiger partial charge is 0.324 e. The lowest BCUT2D eigenvalue weighted by Gasteiger charge is -2.19. The molecule has 0 fully saturated rings. The lowest BCUT2D eigenvalue weighted by atomic mass is 10.2. The Balaban J connectivity index is 2.06. The smallest absolute Gasteiger partial charge is 0.321 e. The van der Waals surface area contributed by atoms with Crippen molar-refractivity contribution in [2.45, 2.75) is 33.4 Å². The molecule has 2 N–H and O–H groups in total. The van der Waals surface area contributed by atoms with Crippen LogP contribution in [0.2, 0.25) is 0 Å². The molecule has 0 aliphatic rings. The van der Waals surface area contributed by atoms with Gasteiger partial charge in [0.05, 0.1) is 12.2 Å². The van der Waals surface area contributed by atoms with Crippen molar-refractivity contribution in [3.63, 3.8) is 0 Å². The Labute approximate surface area is 145 Å². The molecule has 0 aliphatic carbocycles. The molecule has 1 aromatic heterocycles. The van der Waals surface area contributed by atoms with E-state index in [1.165, 1.54) is 30.0 Å². The van der Waals surface area contributed by atoms with E-state index in [1.54, 1.807) is 13.4 Å². The van der Waals surface area contributed by atoms with Crippen molar-refractivity contribution in [2.24, 2.45) is 0 Å². The number of carbonyl (C=O) groups excluding carboxylic acids is 2. The first-order valence-electron chi connectivity index (χ1n) is 7.75. The van der Waals surface area contributed by atoms with Gasteiger partial charge in [-0.05, 0) is 32.0 Å². The molecular weight excluding hydrogens is 327 g/mol. The number of aromatic nitrogens is 3. The van der Waals surface area contributed by atoms with Crippen LogP contribution >= 0.6 is 0 Å². The van der Waals surface area contributed by atoms with E-state index in [-0.39, 0.29) is 18.3 Å². The Bertz CT molecular complexity index is 774. The standard InChI is InChI=1S/C16H21FN6O2/c1-10(2)23-9-18-21-15(23)8-22(4)16(25)20-12-5-6-13(17)14(7-12)19-11(3)24/h5-7,9-10H,8H2,1-4H3,(H,19,24)(H,20,25). The van der Waals surface area contributed by atoms with Gasteiger partial charge in [-0.3, -0.25) is 4.79 Å². The van der Waals surface area contributed by atoms with E-state index < -0.39 is 17.8 Å². The van der Waals surface area contributed by atoms with E-state index in [9.17, 15) is 14.0 Å². The van der Waals surface area contributed by atoms with Crippen LogP contribution in [0.3, 0.4) is 0 Å². The van der Waals surface area contributed by atoms with Crippen LogP contribution in [0.1, 0.15) is 32.6 Å². The van der Waals surface area contributed by atoms with Crippen LogP contribution in [0, 0.1) is 5.82 Å². The molecule has 1 heterocycles. The van der Waals surface area contributed by atoms with Crippen LogP contribution in [0.15, 0.2) is 24.5 Å². The maximum atomic E-state index is 13.6. The first-order valence-corrected chi connectivity index (χ1v) is 7.75. The number of anilines is 2. The predicted molar refractivity (Wildman–Crippen MR) is 91.6 cm³/mol. The van der Waals surface area contributed by atoms with Crippen LogP contribution in [0.25, 0.3) is 0 Å². The van der Waals surface area contributed by atoms with Gasteiger partial charge in [0.25, 0.3) is 0 Å². The Morgan fingerprint density at radius 2 is 2.04 bits per heavy atom. The summed E-state index contributed by atoms with van der Waals surface area (Å²) in [7, 11) is 1.62. The zero-order valence-corrected chi connectivity index (χ0v) is 14.6. The third-order valence-corrected chi connectivity index (χ3v) is 3.46. The molecule has 0 aliphatic heterocycles. The average molecular weight is 348 g/mol. The van der Waals surface area contributed by atoms with Crippen molar-refractivity contribution >= 4 is 23.3 Å². The molecule has 0 saturated heterocycles. The topological polar surface area (TPSA) is 92.2 Å². The number of halogens is 1. The summed E-state index contributed by atoms with van der Waals surface area (Å²) in [6.07, 6.45) is 1.62. The maximum Gasteiger partial charge on any atom is 0.321 e. The molecular formula is C16H21FN6O2. The van der Waals surface area contributed by atoms with Gasteiger partial charge >= 0.3 is 6.03 Å². The molecule has 134 valence electrons. The molecule has 0 unspecified atom stereocenters. The van der Waals surface area contributed by atoms with Gasteiger partial charge < -0.3 is 20.1 Å². The first-order chi connectivity index (χ1) is 11.8. The number of nitrogens with zero attached hydrogens (tertiary/aromatic N) is 4. The maximum absolute atomic E-state index is 13.6. The van der Waals surface area contributed by atoms with Crippen molar-refractivity contribution < 1.29 is 14.0 Å². The van der Waals surface area contributed by atoms with Gasteiger partial charge in [0.15, 0.2) is 5.82 Å². The molecule has 2 rings (SSSR count). The Hall–Kier alpha value is -2.97. The van der Waals surface area contributed by atoms with Gasteiger partial charge in [-0.2, -0.15) is 0 Å². The van der Waals surface area contributed by atoms with Gasteiger partial charge in [0, 0.05) is 25.7 Å². The molecule has 2 aromatic rings. The second-order valence-corrected chi connectivity index (χ2v) is 5.91. The highest BCUT2D eigenvalue weighted by Gasteiger charge is 2.15. The Kier molecular flexibility index (Phi) is 5.68. The fourth-order valence-electron chi connectivity index (χ4n) is 2.20. The van der Waals surface area contributed by atoms with Crippen molar-refractivity contribution in [3.8, 4) is 0 Å². The van der Waals surface area contributed by atoms with E-state index in [0.717, 1.165) is 0 Å². The monoisotopic (exact) mass is 348 g/mol. The van der Waals surface area contributed by atoms with E-state index in [0.29, 0.717) is 11.5 Å². The highest BCUT2D eigenvalue weighted by molar-refractivity contribution is 5.92. The number of rotatable bonds is 5. The number of benzene rings is 1. The molecule has 0 saturated carbocycles. The van der Waals surface area contributed by atoms with Crippen molar-refractivity contribution in [1.82, 2.24) is 19.7 Å². The highest BCUT2D eigenvalue weighted by atomic mass is 19.1. The Morgan fingerprint density at radius 3 is 2.68 bits per heavy atom. The normalized spacial score (nSPS) is 10.6. The first kappa shape index (κ1) is 18.4. The minimum atomic E-state index is -0.577. The van der Waals surface area contributed by atoms with Gasteiger partial charge in [-0.25, -0.2) is 9.18 Å². The summed E-state index contributed by atoms with van der Waals surface area (Å²) in [4.78, 5) is 24.8. The summed E-state index contributed by atoms with van der Waals surface area (Å²) in [6.45, 7) is 5.54. The molecule has 8 nitrogen and oxygen atoms in total. The third kappa shape index (κ3) is 4.75. The molecule has 25 heavy (non-hydrogen) atoms. The van der Waals surface area contributed by atoms with Gasteiger partial charge in [0.2, 0.25) is 5.91 Å². The van der Waals surface area contributed by atoms with Crippen LogP contribution in [0.5, 0.6) is 0 Å². The molecule has 0 radical (unpaired) electrons. The van der Waals surface area contributed by atoms with Crippen molar-refractivity contribution in [1.29, 1.82) is 0 Å². The van der Waals surface area contributed by atoms with Gasteiger partial charge in [-0.1, -0.05) is 0 Å². The van der Waals surface area contributed by atoms with E-state index in [4.69, 9.17) is 0 Å². The molecule has 0 bridgehead atoms. The van der Waals surface area contributed by atoms with E-state index >= 15 is 0 Å². The zero-order valence-electron chi connectivity index (χ0n) is 14.6. The number of carbonyl (C=O) groups is 2. The summed E-state index contributed by atoms with van der Waals surface area (Å²) in [5, 5.41) is 12.9. The number of hydrogen-bond donors (Lipinski definition) is 2. The molecule has 0 spiro atoms. The highest BCUT2D eigenvalue weighted by Crippen LogP contribution is 2.20. The van der Waals surface area contributed by atoms with Crippen molar-refractivity contribution in [2.75, 3.05) is 17.7 Å². The van der Waals surface area contributed by atoms with Gasteiger partial charge in [-0.15, -0.1) is 10.2 Å². The lowest BCUT2D eigenvalue weighted by molar-refractivity contribution is -0.114.